The highest BCUT2D eigenvalue weighted by atomic mass is 28.4. The van der Waals surface area contributed by atoms with Crippen LogP contribution >= 0.6 is 0 Å². The summed E-state index contributed by atoms with van der Waals surface area (Å²) in [6.07, 6.45) is 1.29. The van der Waals surface area contributed by atoms with Gasteiger partial charge in [-0.25, -0.2) is 0 Å². The molecular formula is C18H34Si2. The molecule has 0 saturated carbocycles. The smallest absolute Gasteiger partial charge is 0.0450 e. The van der Waals surface area contributed by atoms with Crippen molar-refractivity contribution in [1.29, 1.82) is 0 Å². The van der Waals surface area contributed by atoms with Gasteiger partial charge in [0, 0.05) is 16.1 Å². The van der Waals surface area contributed by atoms with Crippen molar-refractivity contribution in [3.05, 3.63) is 35.4 Å². The first-order valence-electron chi connectivity index (χ1n) is 7.92. The second kappa shape index (κ2) is 5.80. The van der Waals surface area contributed by atoms with Crippen molar-refractivity contribution in [2.75, 3.05) is 0 Å². The highest BCUT2D eigenvalue weighted by Crippen LogP contribution is 2.37. The van der Waals surface area contributed by atoms with E-state index in [9.17, 15) is 0 Å². The summed E-state index contributed by atoms with van der Waals surface area (Å²) < 4.78 is 0. The van der Waals surface area contributed by atoms with Gasteiger partial charge in [-0.1, -0.05) is 84.3 Å². The van der Waals surface area contributed by atoms with E-state index >= 15 is 0 Å². The van der Waals surface area contributed by atoms with Crippen LogP contribution in [0.1, 0.15) is 31.9 Å². The Bertz CT molecular complexity index is 428. The zero-order chi connectivity index (χ0) is 15.8. The molecule has 1 aromatic carbocycles. The lowest BCUT2D eigenvalue weighted by atomic mass is 9.83. The van der Waals surface area contributed by atoms with Gasteiger partial charge in [0.1, 0.15) is 0 Å². The minimum Gasteiger partial charge on any atom is -0.0695 e. The Morgan fingerprint density at radius 2 is 1.30 bits per heavy atom. The molecule has 0 aliphatic carbocycles. The fraction of sp³-hybridized carbons (Fsp3) is 0.667. The Morgan fingerprint density at radius 1 is 0.850 bits per heavy atom. The Labute approximate surface area is 129 Å². The highest BCUT2D eigenvalue weighted by Gasteiger charge is 2.37. The van der Waals surface area contributed by atoms with Crippen LogP contribution in [0, 0.1) is 0 Å². The molecule has 114 valence electrons. The van der Waals surface area contributed by atoms with Crippen LogP contribution in [0.2, 0.25) is 44.4 Å². The zero-order valence-corrected chi connectivity index (χ0v) is 17.1. The molecule has 0 fully saturated rings. The third-order valence-electron chi connectivity index (χ3n) is 4.34. The van der Waals surface area contributed by atoms with Gasteiger partial charge in [0.05, 0.1) is 0 Å². The van der Waals surface area contributed by atoms with Gasteiger partial charge >= 0.3 is 0 Å². The zero-order valence-electron chi connectivity index (χ0n) is 15.1. The quantitative estimate of drug-likeness (QED) is 0.588. The topological polar surface area (TPSA) is 0 Å². The molecular weight excluding hydrogens is 272 g/mol. The SMILES string of the molecule is CC(C)(C)c1ccccc1CC([Si](C)(C)C)[Si](C)(C)C. The largest absolute Gasteiger partial charge is 0.0695 e. The molecule has 0 N–H and O–H groups in total. The second-order valence-electron chi connectivity index (χ2n) is 9.40. The summed E-state index contributed by atoms with van der Waals surface area (Å²) in [5.74, 6) is 0. The van der Waals surface area contributed by atoms with Gasteiger partial charge in [0.25, 0.3) is 0 Å². The second-order valence-corrected chi connectivity index (χ2v) is 20.8. The first kappa shape index (κ1) is 17.7. The molecule has 0 heterocycles. The first-order chi connectivity index (χ1) is 8.83. The first-order valence-corrected chi connectivity index (χ1v) is 15.1. The van der Waals surface area contributed by atoms with E-state index in [4.69, 9.17) is 0 Å². The summed E-state index contributed by atoms with van der Waals surface area (Å²) in [4.78, 5) is 0. The lowest BCUT2D eigenvalue weighted by molar-refractivity contribution is 0.582. The van der Waals surface area contributed by atoms with Crippen molar-refractivity contribution in [2.45, 2.75) is 77.1 Å². The number of hydrogen-bond acceptors (Lipinski definition) is 0. The lowest BCUT2D eigenvalue weighted by Crippen LogP contribution is -2.45. The van der Waals surface area contributed by atoms with Crippen LogP contribution in [-0.4, -0.2) is 16.1 Å². The van der Waals surface area contributed by atoms with Crippen molar-refractivity contribution < 1.29 is 0 Å². The van der Waals surface area contributed by atoms with Crippen molar-refractivity contribution in [2.24, 2.45) is 0 Å². The number of rotatable bonds is 4. The maximum Gasteiger partial charge on any atom is 0.0450 e. The third-order valence-corrected chi connectivity index (χ3v) is 14.1. The van der Waals surface area contributed by atoms with Gasteiger partial charge in [-0.2, -0.15) is 0 Å². The molecule has 0 saturated heterocycles. The number of benzene rings is 1. The molecule has 2 heteroatoms. The van der Waals surface area contributed by atoms with E-state index < -0.39 is 16.1 Å². The summed E-state index contributed by atoms with van der Waals surface area (Å²) in [6, 6.07) is 9.12. The van der Waals surface area contributed by atoms with Crippen LogP contribution in [0.5, 0.6) is 0 Å². The average Bonchev–Trinajstić information content (AvgIpc) is 2.22. The van der Waals surface area contributed by atoms with Gasteiger partial charge < -0.3 is 0 Å². The van der Waals surface area contributed by atoms with E-state index in [1.165, 1.54) is 6.42 Å². The summed E-state index contributed by atoms with van der Waals surface area (Å²) in [6.45, 7) is 22.3. The van der Waals surface area contributed by atoms with Gasteiger partial charge in [-0.3, -0.25) is 0 Å². The van der Waals surface area contributed by atoms with E-state index in [0.29, 0.717) is 0 Å². The molecule has 1 rings (SSSR count). The third kappa shape index (κ3) is 4.59. The Morgan fingerprint density at radius 3 is 1.70 bits per heavy atom. The molecule has 0 aromatic heterocycles. The Balaban J connectivity index is 3.20. The summed E-state index contributed by atoms with van der Waals surface area (Å²) in [5.41, 5.74) is 3.39. The lowest BCUT2D eigenvalue weighted by Gasteiger charge is -2.39. The average molecular weight is 307 g/mol. The molecule has 0 nitrogen and oxygen atoms in total. The minimum absolute atomic E-state index is 0.250. The fourth-order valence-corrected chi connectivity index (χ4v) is 15.6. The molecule has 0 radical (unpaired) electrons. The van der Waals surface area contributed by atoms with Crippen molar-refractivity contribution in [1.82, 2.24) is 0 Å². The van der Waals surface area contributed by atoms with Crippen molar-refractivity contribution in [3.8, 4) is 0 Å². The van der Waals surface area contributed by atoms with Crippen molar-refractivity contribution >= 4 is 16.1 Å². The molecule has 0 aliphatic heterocycles. The summed E-state index contributed by atoms with van der Waals surface area (Å²) in [5, 5.41) is 0.943. The van der Waals surface area contributed by atoms with Crippen LogP contribution in [0.15, 0.2) is 24.3 Å². The van der Waals surface area contributed by atoms with Crippen molar-refractivity contribution in [3.63, 3.8) is 0 Å². The molecule has 0 aliphatic rings. The van der Waals surface area contributed by atoms with E-state index in [0.717, 1.165) is 5.16 Å². The Kier molecular flexibility index (Phi) is 5.14. The van der Waals surface area contributed by atoms with Gasteiger partial charge in [0.15, 0.2) is 0 Å². The van der Waals surface area contributed by atoms with Crippen LogP contribution in [0.25, 0.3) is 0 Å². The summed E-state index contributed by atoms with van der Waals surface area (Å²) in [7, 11) is -2.25. The van der Waals surface area contributed by atoms with E-state index in [2.05, 4.69) is 84.3 Å². The number of hydrogen-bond donors (Lipinski definition) is 0. The molecule has 1 aromatic rings. The molecule has 0 atom stereocenters. The van der Waals surface area contributed by atoms with Gasteiger partial charge in [-0.15, -0.1) is 0 Å². The highest BCUT2D eigenvalue weighted by molar-refractivity contribution is 6.96. The van der Waals surface area contributed by atoms with Gasteiger partial charge in [0.2, 0.25) is 0 Å². The van der Waals surface area contributed by atoms with Crippen LogP contribution < -0.4 is 0 Å². The summed E-state index contributed by atoms with van der Waals surface area (Å²) >= 11 is 0. The maximum absolute atomic E-state index is 2.55. The molecule has 20 heavy (non-hydrogen) atoms. The normalized spacial score (nSPS) is 13.9. The monoisotopic (exact) mass is 306 g/mol. The van der Waals surface area contributed by atoms with Crippen LogP contribution in [0.4, 0.5) is 0 Å². The molecule has 0 spiro atoms. The van der Waals surface area contributed by atoms with Crippen LogP contribution in [0.3, 0.4) is 0 Å². The van der Waals surface area contributed by atoms with E-state index in [1.807, 2.05) is 0 Å². The van der Waals surface area contributed by atoms with E-state index in [1.54, 1.807) is 11.1 Å². The van der Waals surface area contributed by atoms with Gasteiger partial charge in [-0.05, 0) is 28.1 Å². The minimum atomic E-state index is -1.13. The van der Waals surface area contributed by atoms with E-state index in [-0.39, 0.29) is 5.41 Å². The maximum atomic E-state index is 2.55. The predicted molar refractivity (Wildman–Crippen MR) is 99.3 cm³/mol. The van der Waals surface area contributed by atoms with Crippen LogP contribution in [-0.2, 0) is 11.8 Å². The molecule has 0 unspecified atom stereocenters. The molecule has 0 bridgehead atoms. The molecule has 0 amide bonds. The predicted octanol–water partition coefficient (Wildman–Crippen LogP) is 6.11. The standard InChI is InChI=1S/C18H34Si2/c1-18(2,3)16-13-11-10-12-15(16)14-17(19(4,5)6)20(7,8)9/h10-13,17H,14H2,1-9H3. The fourth-order valence-electron chi connectivity index (χ4n) is 3.56. The Hall–Kier alpha value is -0.346.